The lowest BCUT2D eigenvalue weighted by Crippen LogP contribution is -2.38. The normalized spacial score (nSPS) is 13.9. The first kappa shape index (κ1) is 17.8. The first-order chi connectivity index (χ1) is 9.43. The highest BCUT2D eigenvalue weighted by atomic mass is 32.1. The Morgan fingerprint density at radius 2 is 1.86 bits per heavy atom. The molecule has 0 aromatic heterocycles. The smallest absolute Gasteiger partial charge is 0.401 e. The van der Waals surface area contributed by atoms with Gasteiger partial charge < -0.3 is 10.5 Å². The standard InChI is InChI=1S/C15H20F3NOS/c1-9-5-6-12(10(7-9)14(2,3)4)20-8-11(13(19)21)15(16,17)18/h5-7,11H,8H2,1-4H3,(H2,19,21). The Bertz CT molecular complexity index is 521. The van der Waals surface area contributed by atoms with Gasteiger partial charge in [-0.25, -0.2) is 0 Å². The van der Waals surface area contributed by atoms with Crippen molar-refractivity contribution in [1.29, 1.82) is 0 Å². The first-order valence-corrected chi connectivity index (χ1v) is 6.93. The van der Waals surface area contributed by atoms with E-state index >= 15 is 0 Å². The number of thiocarbonyl (C=S) groups is 1. The molecule has 1 rings (SSSR count). The number of ether oxygens (including phenoxy) is 1. The molecule has 0 saturated carbocycles. The molecule has 1 unspecified atom stereocenters. The summed E-state index contributed by atoms with van der Waals surface area (Å²) in [6.07, 6.45) is -4.50. The van der Waals surface area contributed by atoms with Gasteiger partial charge in [-0.15, -0.1) is 0 Å². The fourth-order valence-electron chi connectivity index (χ4n) is 1.87. The molecule has 1 aromatic carbocycles. The second kappa shape index (κ2) is 6.22. The molecule has 0 fully saturated rings. The molecule has 0 bridgehead atoms. The van der Waals surface area contributed by atoms with Crippen LogP contribution >= 0.6 is 12.2 Å². The predicted octanol–water partition coefficient (Wildman–Crippen LogP) is 4.14. The van der Waals surface area contributed by atoms with E-state index in [1.165, 1.54) is 0 Å². The summed E-state index contributed by atoms with van der Waals surface area (Å²) in [7, 11) is 0. The van der Waals surface area contributed by atoms with Crippen LogP contribution in [-0.2, 0) is 5.41 Å². The van der Waals surface area contributed by atoms with Crippen LogP contribution in [0.5, 0.6) is 5.75 Å². The molecular formula is C15H20F3NOS. The van der Waals surface area contributed by atoms with E-state index in [1.54, 1.807) is 12.1 Å². The Hall–Kier alpha value is -1.30. The van der Waals surface area contributed by atoms with Gasteiger partial charge in [0, 0.05) is 0 Å². The lowest BCUT2D eigenvalue weighted by Gasteiger charge is -2.25. The molecule has 0 aliphatic carbocycles. The van der Waals surface area contributed by atoms with E-state index in [0.717, 1.165) is 11.1 Å². The Labute approximate surface area is 128 Å². The zero-order chi connectivity index (χ0) is 16.4. The number of hydrogen-bond donors (Lipinski definition) is 1. The lowest BCUT2D eigenvalue weighted by molar-refractivity contribution is -0.161. The average molecular weight is 319 g/mol. The van der Waals surface area contributed by atoms with E-state index in [9.17, 15) is 13.2 Å². The lowest BCUT2D eigenvalue weighted by atomic mass is 9.85. The van der Waals surface area contributed by atoms with Crippen LogP contribution < -0.4 is 10.5 Å². The number of nitrogens with two attached hydrogens (primary N) is 1. The maximum atomic E-state index is 12.8. The van der Waals surface area contributed by atoms with Crippen molar-refractivity contribution in [3.8, 4) is 5.75 Å². The van der Waals surface area contributed by atoms with E-state index in [4.69, 9.17) is 10.5 Å². The summed E-state index contributed by atoms with van der Waals surface area (Å²) < 4.78 is 43.9. The van der Waals surface area contributed by atoms with Gasteiger partial charge in [0.2, 0.25) is 0 Å². The quantitative estimate of drug-likeness (QED) is 0.847. The van der Waals surface area contributed by atoms with Gasteiger partial charge >= 0.3 is 6.18 Å². The number of benzene rings is 1. The zero-order valence-corrected chi connectivity index (χ0v) is 13.4. The van der Waals surface area contributed by atoms with E-state index < -0.39 is 23.7 Å². The minimum atomic E-state index is -4.50. The van der Waals surface area contributed by atoms with Gasteiger partial charge in [0.05, 0.1) is 4.99 Å². The van der Waals surface area contributed by atoms with Crippen molar-refractivity contribution in [1.82, 2.24) is 0 Å². The number of alkyl halides is 3. The van der Waals surface area contributed by atoms with Gasteiger partial charge in [-0.2, -0.15) is 13.2 Å². The summed E-state index contributed by atoms with van der Waals surface area (Å²) in [5.74, 6) is -1.51. The molecule has 2 N–H and O–H groups in total. The Kier molecular flexibility index (Phi) is 5.25. The maximum Gasteiger partial charge on any atom is 0.401 e. The minimum Gasteiger partial charge on any atom is -0.492 e. The third-order valence-corrected chi connectivity index (χ3v) is 3.37. The summed E-state index contributed by atoms with van der Waals surface area (Å²) in [4.78, 5) is -0.605. The third kappa shape index (κ3) is 4.88. The molecule has 0 heterocycles. The third-order valence-electron chi connectivity index (χ3n) is 3.09. The molecule has 0 saturated heterocycles. The van der Waals surface area contributed by atoms with Crippen LogP contribution in [0.2, 0.25) is 0 Å². The molecule has 1 aromatic rings. The summed E-state index contributed by atoms with van der Waals surface area (Å²) in [6.45, 7) is 7.24. The van der Waals surface area contributed by atoms with Crippen molar-refractivity contribution < 1.29 is 17.9 Å². The largest absolute Gasteiger partial charge is 0.492 e. The van der Waals surface area contributed by atoms with Crippen molar-refractivity contribution in [3.63, 3.8) is 0 Å². The molecule has 0 aliphatic heterocycles. The predicted molar refractivity (Wildman–Crippen MR) is 81.7 cm³/mol. The zero-order valence-electron chi connectivity index (χ0n) is 12.5. The molecule has 6 heteroatoms. The van der Waals surface area contributed by atoms with E-state index in [-0.39, 0.29) is 5.41 Å². The van der Waals surface area contributed by atoms with Crippen LogP contribution in [0.1, 0.15) is 31.9 Å². The molecular weight excluding hydrogens is 299 g/mol. The van der Waals surface area contributed by atoms with E-state index in [0.29, 0.717) is 5.75 Å². The molecule has 21 heavy (non-hydrogen) atoms. The molecule has 0 radical (unpaired) electrons. The Morgan fingerprint density at radius 1 is 1.29 bits per heavy atom. The molecule has 2 nitrogen and oxygen atoms in total. The van der Waals surface area contributed by atoms with Gasteiger partial charge in [0.15, 0.2) is 0 Å². The highest BCUT2D eigenvalue weighted by Gasteiger charge is 2.42. The van der Waals surface area contributed by atoms with Crippen LogP contribution in [0.15, 0.2) is 18.2 Å². The molecule has 0 amide bonds. The van der Waals surface area contributed by atoms with Crippen molar-refractivity contribution in [2.45, 2.75) is 39.3 Å². The summed E-state index contributed by atoms with van der Waals surface area (Å²) in [6, 6.07) is 5.40. The Balaban J connectivity index is 3.01. The van der Waals surface area contributed by atoms with Gasteiger partial charge in [0.25, 0.3) is 0 Å². The topological polar surface area (TPSA) is 35.2 Å². The maximum absolute atomic E-state index is 12.8. The highest BCUT2D eigenvalue weighted by molar-refractivity contribution is 7.80. The number of halogens is 3. The van der Waals surface area contributed by atoms with E-state index in [2.05, 4.69) is 12.2 Å². The number of aryl methyl sites for hydroxylation is 1. The van der Waals surface area contributed by atoms with Crippen LogP contribution in [0.3, 0.4) is 0 Å². The number of hydrogen-bond acceptors (Lipinski definition) is 2. The second-order valence-corrected chi connectivity index (χ2v) is 6.53. The molecule has 1 atom stereocenters. The van der Waals surface area contributed by atoms with Gasteiger partial charge in [-0.1, -0.05) is 50.7 Å². The summed E-state index contributed by atoms with van der Waals surface area (Å²) in [5, 5.41) is 0. The average Bonchev–Trinajstić information content (AvgIpc) is 2.27. The SMILES string of the molecule is Cc1ccc(OCC(C(N)=S)C(F)(F)F)c(C(C)(C)C)c1. The summed E-state index contributed by atoms with van der Waals surface area (Å²) in [5.41, 5.74) is 6.80. The van der Waals surface area contributed by atoms with Gasteiger partial charge in [-0.3, -0.25) is 0 Å². The van der Waals surface area contributed by atoms with E-state index in [1.807, 2.05) is 33.8 Å². The molecule has 0 aliphatic rings. The molecule has 0 spiro atoms. The summed E-state index contributed by atoms with van der Waals surface area (Å²) >= 11 is 4.49. The van der Waals surface area contributed by atoms with Crippen LogP contribution in [-0.4, -0.2) is 17.8 Å². The second-order valence-electron chi connectivity index (χ2n) is 6.06. The number of rotatable bonds is 4. The minimum absolute atomic E-state index is 0.238. The fraction of sp³-hybridized carbons (Fsp3) is 0.533. The first-order valence-electron chi connectivity index (χ1n) is 6.53. The monoisotopic (exact) mass is 319 g/mol. The van der Waals surface area contributed by atoms with Crippen molar-refractivity contribution in [3.05, 3.63) is 29.3 Å². The van der Waals surface area contributed by atoms with Gasteiger partial charge in [-0.05, 0) is 24.0 Å². The van der Waals surface area contributed by atoms with Gasteiger partial charge in [0.1, 0.15) is 18.3 Å². The molecule has 118 valence electrons. The Morgan fingerprint density at radius 3 is 2.29 bits per heavy atom. The van der Waals surface area contributed by atoms with Crippen LogP contribution in [0.4, 0.5) is 13.2 Å². The van der Waals surface area contributed by atoms with Crippen LogP contribution in [0, 0.1) is 12.8 Å². The van der Waals surface area contributed by atoms with Crippen molar-refractivity contribution in [2.75, 3.05) is 6.61 Å². The van der Waals surface area contributed by atoms with Crippen molar-refractivity contribution in [2.24, 2.45) is 11.7 Å². The highest BCUT2D eigenvalue weighted by Crippen LogP contribution is 2.34. The van der Waals surface area contributed by atoms with Crippen molar-refractivity contribution >= 4 is 17.2 Å². The van der Waals surface area contributed by atoms with Crippen LogP contribution in [0.25, 0.3) is 0 Å². The fourth-order valence-corrected chi connectivity index (χ4v) is 2.07.